The number of benzene rings is 4. The molecule has 0 aliphatic carbocycles. The van der Waals surface area contributed by atoms with Crippen molar-refractivity contribution in [1.29, 1.82) is 0 Å². The molecule has 0 heterocycles. The minimum absolute atomic E-state index is 0. The van der Waals surface area contributed by atoms with Crippen LogP contribution in [0.25, 0.3) is 23.3 Å². The van der Waals surface area contributed by atoms with Gasteiger partial charge in [-0.05, 0) is 102 Å². The first-order valence-corrected chi connectivity index (χ1v) is 14.6. The van der Waals surface area contributed by atoms with Crippen molar-refractivity contribution in [2.24, 2.45) is 0 Å². The summed E-state index contributed by atoms with van der Waals surface area (Å²) in [4.78, 5) is 25.0. The van der Waals surface area contributed by atoms with Gasteiger partial charge in [-0.25, -0.2) is 4.79 Å². The normalized spacial score (nSPS) is 11.5. The van der Waals surface area contributed by atoms with E-state index >= 15 is 0 Å². The number of aryl methyl sites for hydroxylation is 1. The van der Waals surface area contributed by atoms with Crippen LogP contribution in [0.5, 0.6) is 11.5 Å². The molecule has 41 heavy (non-hydrogen) atoms. The predicted octanol–water partition coefficient (Wildman–Crippen LogP) is 7.57. The molecule has 0 bridgehead atoms. The van der Waals surface area contributed by atoms with Crippen LogP contribution in [0.3, 0.4) is 0 Å². The number of rotatable bonds is 11. The van der Waals surface area contributed by atoms with Crippen LogP contribution in [0.1, 0.15) is 33.5 Å². The van der Waals surface area contributed by atoms with Gasteiger partial charge in [0.05, 0.1) is 0 Å². The standard InChI is InChI=1S/C33H30ClNO4S.Li.H/c1-22-5-3-4-6-28(22)30-21-24(11-18-29(30)32(36)35-31(33(37)38)19-20-40-2)8-7-23-9-14-26(15-10-23)39-27-16-12-25(34)13-17-27;;/h3-18,21,31H,19-20H2,1-2H3,(H,35,36)(H,37,38);;/b8-7+;;. The average Bonchev–Trinajstić information content (AvgIpc) is 2.96. The summed E-state index contributed by atoms with van der Waals surface area (Å²) < 4.78 is 5.87. The SMILES string of the molecule is CSCCC(NC(=O)c1ccc(/C=C/c2ccc(Oc3ccc(Cl)cc3)cc2)cc1-c1ccccc1C)C(=O)O.[LiH]. The number of carbonyl (C=O) groups excluding carboxylic acids is 1. The van der Waals surface area contributed by atoms with Crippen LogP contribution in [-0.2, 0) is 4.79 Å². The van der Waals surface area contributed by atoms with E-state index in [-0.39, 0.29) is 18.9 Å². The van der Waals surface area contributed by atoms with Gasteiger partial charge in [0.15, 0.2) is 0 Å². The number of hydrogen-bond acceptors (Lipinski definition) is 4. The van der Waals surface area contributed by atoms with Crippen LogP contribution in [0.4, 0.5) is 0 Å². The number of carboxylic acid groups (broad SMARTS) is 1. The number of aliphatic carboxylic acids is 1. The second-order valence-corrected chi connectivity index (χ2v) is 10.6. The molecule has 2 N–H and O–H groups in total. The van der Waals surface area contributed by atoms with Crippen LogP contribution >= 0.6 is 23.4 Å². The van der Waals surface area contributed by atoms with E-state index in [1.165, 1.54) is 0 Å². The van der Waals surface area contributed by atoms with Gasteiger partial charge < -0.3 is 15.2 Å². The van der Waals surface area contributed by atoms with Crippen molar-refractivity contribution in [3.8, 4) is 22.6 Å². The van der Waals surface area contributed by atoms with Gasteiger partial charge in [0.25, 0.3) is 5.91 Å². The van der Waals surface area contributed by atoms with Crippen molar-refractivity contribution < 1.29 is 19.4 Å². The van der Waals surface area contributed by atoms with Crippen LogP contribution in [-0.4, -0.2) is 53.9 Å². The van der Waals surface area contributed by atoms with Crippen molar-refractivity contribution in [3.05, 3.63) is 118 Å². The molecule has 8 heteroatoms. The van der Waals surface area contributed by atoms with Gasteiger partial charge in [-0.1, -0.05) is 66.2 Å². The number of ether oxygens (including phenoxy) is 1. The molecule has 0 saturated carbocycles. The molecule has 0 aliphatic heterocycles. The van der Waals surface area contributed by atoms with Crippen molar-refractivity contribution in [1.82, 2.24) is 5.32 Å². The molecule has 0 saturated heterocycles. The first-order valence-electron chi connectivity index (χ1n) is 12.8. The Hall–Kier alpha value is -3.40. The molecule has 0 fully saturated rings. The zero-order valence-electron chi connectivity index (χ0n) is 22.3. The van der Waals surface area contributed by atoms with Gasteiger partial charge in [0.2, 0.25) is 0 Å². The third-order valence-corrected chi connectivity index (χ3v) is 7.23. The Balaban J connectivity index is 0.00000462. The second kappa shape index (κ2) is 15.6. The molecule has 5 nitrogen and oxygen atoms in total. The van der Waals surface area contributed by atoms with E-state index in [9.17, 15) is 14.7 Å². The average molecular weight is 580 g/mol. The summed E-state index contributed by atoms with van der Waals surface area (Å²) in [5.74, 6) is 0.621. The molecule has 1 amide bonds. The number of carbonyl (C=O) groups is 2. The van der Waals surface area contributed by atoms with Gasteiger partial charge in [-0.3, -0.25) is 4.79 Å². The third kappa shape index (κ3) is 9.04. The van der Waals surface area contributed by atoms with Crippen molar-refractivity contribution in [3.63, 3.8) is 0 Å². The van der Waals surface area contributed by atoms with Gasteiger partial charge >= 0.3 is 24.8 Å². The van der Waals surface area contributed by atoms with E-state index in [1.807, 2.05) is 98.1 Å². The molecule has 206 valence electrons. The number of thioether (sulfide) groups is 1. The molecule has 4 rings (SSSR count). The summed E-state index contributed by atoms with van der Waals surface area (Å²) in [5.41, 5.74) is 5.02. The fraction of sp³-hybridized carbons (Fsp3) is 0.152. The van der Waals surface area contributed by atoms with Crippen molar-refractivity contribution in [2.75, 3.05) is 12.0 Å². The number of nitrogens with one attached hydrogen (secondary N) is 1. The third-order valence-electron chi connectivity index (χ3n) is 6.34. The van der Waals surface area contributed by atoms with Crippen LogP contribution in [0, 0.1) is 6.92 Å². The molecule has 0 aromatic heterocycles. The number of halogens is 1. The molecule has 0 aliphatic rings. The first kappa shape index (κ1) is 32.1. The molecule has 4 aromatic rings. The van der Waals surface area contributed by atoms with Gasteiger partial charge in [0, 0.05) is 10.6 Å². The Morgan fingerprint density at radius 1 is 0.902 bits per heavy atom. The Labute approximate surface area is 262 Å². The minimum atomic E-state index is -1.04. The molecular formula is C33H31ClLiNO4S. The molecule has 4 aromatic carbocycles. The van der Waals surface area contributed by atoms with Crippen LogP contribution in [0.2, 0.25) is 5.02 Å². The fourth-order valence-corrected chi connectivity index (χ4v) is 4.77. The van der Waals surface area contributed by atoms with E-state index in [1.54, 1.807) is 30.0 Å². The Kier molecular flexibility index (Phi) is 12.2. The Morgan fingerprint density at radius 3 is 2.15 bits per heavy atom. The van der Waals surface area contributed by atoms with E-state index in [0.717, 1.165) is 27.8 Å². The van der Waals surface area contributed by atoms with E-state index in [4.69, 9.17) is 16.3 Å². The monoisotopic (exact) mass is 579 g/mol. The maximum atomic E-state index is 13.3. The van der Waals surface area contributed by atoms with E-state index < -0.39 is 17.9 Å². The van der Waals surface area contributed by atoms with Crippen LogP contribution in [0.15, 0.2) is 91.0 Å². The van der Waals surface area contributed by atoms with Gasteiger partial charge in [-0.15, -0.1) is 0 Å². The maximum absolute atomic E-state index is 13.3. The molecular weight excluding hydrogens is 549 g/mol. The van der Waals surface area contributed by atoms with Crippen molar-refractivity contribution >= 4 is 66.3 Å². The Bertz CT molecular complexity index is 1510. The predicted molar refractivity (Wildman–Crippen MR) is 173 cm³/mol. The van der Waals surface area contributed by atoms with Crippen LogP contribution < -0.4 is 10.1 Å². The zero-order valence-corrected chi connectivity index (χ0v) is 23.8. The summed E-state index contributed by atoms with van der Waals surface area (Å²) >= 11 is 7.49. The van der Waals surface area contributed by atoms with E-state index in [0.29, 0.717) is 34.3 Å². The quantitative estimate of drug-likeness (QED) is 0.142. The molecule has 1 atom stereocenters. The summed E-state index contributed by atoms with van der Waals surface area (Å²) in [5, 5.41) is 13.0. The molecule has 0 spiro atoms. The number of carboxylic acids is 1. The Morgan fingerprint density at radius 2 is 1.51 bits per heavy atom. The van der Waals surface area contributed by atoms with Crippen molar-refractivity contribution in [2.45, 2.75) is 19.4 Å². The summed E-state index contributed by atoms with van der Waals surface area (Å²) in [6.45, 7) is 1.99. The fourth-order valence-electron chi connectivity index (χ4n) is 4.17. The molecule has 1 unspecified atom stereocenters. The summed E-state index contributed by atoms with van der Waals surface area (Å²) in [6.07, 6.45) is 6.24. The number of amides is 1. The van der Waals surface area contributed by atoms with Gasteiger partial charge in [0.1, 0.15) is 17.5 Å². The second-order valence-electron chi connectivity index (χ2n) is 9.22. The molecule has 0 radical (unpaired) electrons. The van der Waals surface area contributed by atoms with Gasteiger partial charge in [-0.2, -0.15) is 11.8 Å². The first-order chi connectivity index (χ1) is 19.3. The topological polar surface area (TPSA) is 75.6 Å². The number of hydrogen-bond donors (Lipinski definition) is 2. The van der Waals surface area contributed by atoms with E-state index in [2.05, 4.69) is 5.32 Å². The summed E-state index contributed by atoms with van der Waals surface area (Å²) in [7, 11) is 0. The zero-order chi connectivity index (χ0) is 28.5. The summed E-state index contributed by atoms with van der Waals surface area (Å²) in [6, 6.07) is 27.4.